The average Bonchev–Trinajstić information content (AvgIpc) is 2.98. The van der Waals surface area contributed by atoms with Gasteiger partial charge < -0.3 is 20.6 Å². The van der Waals surface area contributed by atoms with E-state index in [0.717, 1.165) is 39.4 Å². The molecular formula is C33H31F2N3O3. The van der Waals surface area contributed by atoms with Crippen molar-refractivity contribution in [3.05, 3.63) is 129 Å². The number of ether oxygens (including phenoxy) is 1. The van der Waals surface area contributed by atoms with Gasteiger partial charge in [-0.1, -0.05) is 53.7 Å². The Kier molecular flexibility index (Phi) is 8.40. The quantitative estimate of drug-likeness (QED) is 0.153. The van der Waals surface area contributed by atoms with Crippen LogP contribution >= 0.6 is 0 Å². The lowest BCUT2D eigenvalue weighted by molar-refractivity contribution is 0.0950. The Morgan fingerprint density at radius 2 is 1.66 bits per heavy atom. The van der Waals surface area contributed by atoms with Crippen LogP contribution < -0.4 is 11.1 Å². The molecule has 41 heavy (non-hydrogen) atoms. The van der Waals surface area contributed by atoms with Crippen LogP contribution in [0.5, 0.6) is 0 Å². The minimum Gasteiger partial charge on any atom is -0.394 e. The molecule has 0 fully saturated rings. The van der Waals surface area contributed by atoms with E-state index in [4.69, 9.17) is 15.3 Å². The Balaban J connectivity index is 1.35. The second kappa shape index (κ2) is 12.3. The molecule has 210 valence electrons. The first kappa shape index (κ1) is 28.0. The van der Waals surface area contributed by atoms with Crippen molar-refractivity contribution in [3.63, 3.8) is 0 Å². The van der Waals surface area contributed by atoms with Crippen molar-refractivity contribution in [1.29, 1.82) is 0 Å². The lowest BCUT2D eigenvalue weighted by Crippen LogP contribution is -2.24. The summed E-state index contributed by atoms with van der Waals surface area (Å²) < 4.78 is 33.5. The third kappa shape index (κ3) is 6.12. The van der Waals surface area contributed by atoms with E-state index in [0.29, 0.717) is 48.7 Å². The number of nitrogens with two attached hydrogens (primary N) is 1. The molecule has 1 atom stereocenters. The topological polar surface area (TPSA) is 85.9 Å². The first-order chi connectivity index (χ1) is 19.9. The van der Waals surface area contributed by atoms with E-state index in [-0.39, 0.29) is 11.8 Å². The number of amidine groups is 1. The molecule has 0 heterocycles. The average molecular weight is 556 g/mol. The van der Waals surface area contributed by atoms with Crippen molar-refractivity contribution in [3.8, 4) is 11.1 Å². The second-order valence-corrected chi connectivity index (χ2v) is 9.91. The summed E-state index contributed by atoms with van der Waals surface area (Å²) >= 11 is 0. The smallest absolute Gasteiger partial charge is 0.251 e. The van der Waals surface area contributed by atoms with Crippen molar-refractivity contribution in [2.75, 3.05) is 20.3 Å². The fourth-order valence-corrected chi connectivity index (χ4v) is 5.21. The maximum Gasteiger partial charge on any atom is 0.251 e. The van der Waals surface area contributed by atoms with Gasteiger partial charge in [0.1, 0.15) is 18.2 Å². The van der Waals surface area contributed by atoms with Crippen LogP contribution in [0.2, 0.25) is 0 Å². The van der Waals surface area contributed by atoms with E-state index in [1.165, 1.54) is 12.1 Å². The number of amides is 1. The predicted octanol–water partition coefficient (Wildman–Crippen LogP) is 5.90. The molecule has 0 bridgehead atoms. The summed E-state index contributed by atoms with van der Waals surface area (Å²) in [5, 5.41) is 6.82. The van der Waals surface area contributed by atoms with Gasteiger partial charge in [-0.05, 0) is 71.0 Å². The van der Waals surface area contributed by atoms with E-state index in [9.17, 15) is 13.6 Å². The fourth-order valence-electron chi connectivity index (χ4n) is 5.21. The van der Waals surface area contributed by atoms with Crippen LogP contribution in [-0.2, 0) is 22.5 Å². The van der Waals surface area contributed by atoms with Crippen LogP contribution in [-0.4, -0.2) is 32.1 Å². The minimum atomic E-state index is -0.613. The molecule has 1 amide bonds. The largest absolute Gasteiger partial charge is 0.394 e. The predicted molar refractivity (Wildman–Crippen MR) is 155 cm³/mol. The molecule has 0 aliphatic heterocycles. The van der Waals surface area contributed by atoms with Gasteiger partial charge in [-0.3, -0.25) is 4.79 Å². The maximum absolute atomic E-state index is 14.5. The zero-order valence-electron chi connectivity index (χ0n) is 22.9. The van der Waals surface area contributed by atoms with Gasteiger partial charge in [0.05, 0.1) is 6.61 Å². The Bertz CT molecular complexity index is 1600. The molecule has 4 aromatic rings. The summed E-state index contributed by atoms with van der Waals surface area (Å²) in [7, 11) is 1.66. The highest BCUT2D eigenvalue weighted by Crippen LogP contribution is 2.39. The molecule has 1 aliphatic rings. The number of oxime groups is 1. The lowest BCUT2D eigenvalue weighted by Gasteiger charge is -2.29. The standard InChI is InChI=1S/C33H31F2N3O3/c1-3-41-38-32(36)21-6-4-20(5-7-21)18-37-33(39)23-9-12-28-25(15-23)16-24-14-22(8-11-27(24)30(28)19-40-2)29-13-10-26(34)17-31(29)35/h4-15,17,30H,3,16,18-19H2,1-2H3,(H2,36,38)(H,37,39)/t30-/m0/s1. The van der Waals surface area contributed by atoms with Gasteiger partial charge in [-0.25, -0.2) is 8.78 Å². The highest BCUT2D eigenvalue weighted by Gasteiger charge is 2.27. The van der Waals surface area contributed by atoms with Crippen molar-refractivity contribution >= 4 is 11.7 Å². The fraction of sp³-hybridized carbons (Fsp3) is 0.212. The molecule has 3 N–H and O–H groups in total. The van der Waals surface area contributed by atoms with E-state index >= 15 is 0 Å². The van der Waals surface area contributed by atoms with Gasteiger partial charge in [-0.15, -0.1) is 0 Å². The number of hydrogen-bond donors (Lipinski definition) is 2. The number of rotatable bonds is 9. The van der Waals surface area contributed by atoms with E-state index in [1.807, 2.05) is 67.6 Å². The summed E-state index contributed by atoms with van der Waals surface area (Å²) in [6.45, 7) is 3.08. The Hall–Kier alpha value is -4.56. The van der Waals surface area contributed by atoms with Crippen molar-refractivity contribution < 1.29 is 23.1 Å². The number of halogens is 2. The van der Waals surface area contributed by atoms with Gasteiger partial charge in [-0.2, -0.15) is 0 Å². The number of fused-ring (bicyclic) bond motifs is 2. The second-order valence-electron chi connectivity index (χ2n) is 9.91. The third-order valence-corrected chi connectivity index (χ3v) is 7.25. The number of nitrogens with one attached hydrogen (secondary N) is 1. The zero-order chi connectivity index (χ0) is 28.9. The number of hydrogen-bond acceptors (Lipinski definition) is 4. The van der Waals surface area contributed by atoms with Crippen molar-refractivity contribution in [2.45, 2.75) is 25.8 Å². The monoisotopic (exact) mass is 555 g/mol. The highest BCUT2D eigenvalue weighted by molar-refractivity contribution is 5.97. The molecule has 5 rings (SSSR count). The first-order valence-corrected chi connectivity index (χ1v) is 13.4. The van der Waals surface area contributed by atoms with Gasteiger partial charge in [0.2, 0.25) is 0 Å². The Labute approximate surface area is 237 Å². The molecule has 0 unspecified atom stereocenters. The third-order valence-electron chi connectivity index (χ3n) is 7.25. The van der Waals surface area contributed by atoms with Crippen molar-refractivity contribution in [1.82, 2.24) is 5.32 Å². The van der Waals surface area contributed by atoms with Crippen LogP contribution in [0, 0.1) is 11.6 Å². The number of carbonyl (C=O) groups is 1. The molecule has 4 aromatic carbocycles. The van der Waals surface area contributed by atoms with E-state index in [2.05, 4.69) is 10.5 Å². The molecular weight excluding hydrogens is 524 g/mol. The molecule has 0 radical (unpaired) electrons. The van der Waals surface area contributed by atoms with Crippen LogP contribution in [0.15, 0.2) is 84.0 Å². The van der Waals surface area contributed by atoms with Crippen LogP contribution in [0.4, 0.5) is 8.78 Å². The summed E-state index contributed by atoms with van der Waals surface area (Å²) in [5.74, 6) is -1.14. The van der Waals surface area contributed by atoms with Crippen LogP contribution in [0.25, 0.3) is 11.1 Å². The summed E-state index contributed by atoms with van der Waals surface area (Å²) in [5.41, 5.74) is 13.3. The molecule has 0 aromatic heterocycles. The van der Waals surface area contributed by atoms with E-state index in [1.54, 1.807) is 7.11 Å². The molecule has 6 nitrogen and oxygen atoms in total. The molecule has 0 saturated heterocycles. The van der Waals surface area contributed by atoms with Gasteiger partial charge in [0, 0.05) is 42.3 Å². The van der Waals surface area contributed by atoms with Crippen LogP contribution in [0.3, 0.4) is 0 Å². The van der Waals surface area contributed by atoms with Gasteiger partial charge >= 0.3 is 0 Å². The van der Waals surface area contributed by atoms with E-state index < -0.39 is 11.6 Å². The number of carbonyl (C=O) groups excluding carboxylic acids is 1. The maximum atomic E-state index is 14.5. The Morgan fingerprint density at radius 1 is 0.951 bits per heavy atom. The Morgan fingerprint density at radius 3 is 2.37 bits per heavy atom. The van der Waals surface area contributed by atoms with Crippen LogP contribution in [0.1, 0.15) is 56.6 Å². The SMILES string of the molecule is CCON=C(N)c1ccc(CNC(=O)c2ccc3c(c2)Cc2cc(-c4ccc(F)cc4F)ccc2[C@@H]3COC)cc1. The molecule has 8 heteroatoms. The van der Waals surface area contributed by atoms with Gasteiger partial charge in [0.15, 0.2) is 5.84 Å². The first-order valence-electron chi connectivity index (χ1n) is 13.4. The summed E-state index contributed by atoms with van der Waals surface area (Å²) in [4.78, 5) is 18.1. The molecule has 0 saturated carbocycles. The number of benzene rings is 4. The zero-order valence-corrected chi connectivity index (χ0v) is 22.9. The minimum absolute atomic E-state index is 0.0276. The van der Waals surface area contributed by atoms with Gasteiger partial charge in [0.25, 0.3) is 5.91 Å². The van der Waals surface area contributed by atoms with Crippen molar-refractivity contribution in [2.24, 2.45) is 10.9 Å². The highest BCUT2D eigenvalue weighted by atomic mass is 19.1. The summed E-state index contributed by atoms with van der Waals surface area (Å²) in [6.07, 6.45) is 0.578. The normalized spacial score (nSPS) is 14.2. The number of methoxy groups -OCH3 is 1. The molecule has 1 aliphatic carbocycles. The number of nitrogens with zero attached hydrogens (tertiary/aromatic N) is 1. The lowest BCUT2D eigenvalue weighted by atomic mass is 9.77. The molecule has 0 spiro atoms. The summed E-state index contributed by atoms with van der Waals surface area (Å²) in [6, 6.07) is 22.5.